The first kappa shape index (κ1) is 13.2. The van der Waals surface area contributed by atoms with E-state index in [1.54, 1.807) is 13.2 Å². The molecule has 0 fully saturated rings. The third-order valence-electron chi connectivity index (χ3n) is 2.42. The van der Waals surface area contributed by atoms with Crippen LogP contribution >= 0.6 is 0 Å². The third-order valence-corrected chi connectivity index (χ3v) is 2.42. The van der Waals surface area contributed by atoms with Gasteiger partial charge in [-0.15, -0.1) is 0 Å². The Labute approximate surface area is 88.3 Å². The SMILES string of the molecule is CCC(C/C(C=NC)=C/N)CC(C)C. The Morgan fingerprint density at radius 1 is 1.43 bits per heavy atom. The molecule has 0 amide bonds. The quantitative estimate of drug-likeness (QED) is 0.652. The fourth-order valence-corrected chi connectivity index (χ4v) is 1.72. The number of hydrogen-bond acceptors (Lipinski definition) is 2. The summed E-state index contributed by atoms with van der Waals surface area (Å²) in [7, 11) is 1.78. The Morgan fingerprint density at radius 3 is 2.43 bits per heavy atom. The van der Waals surface area contributed by atoms with Gasteiger partial charge in [0.05, 0.1) is 0 Å². The van der Waals surface area contributed by atoms with Gasteiger partial charge in [0.1, 0.15) is 0 Å². The Bertz CT molecular complexity index is 192. The van der Waals surface area contributed by atoms with Crippen molar-refractivity contribution in [2.24, 2.45) is 22.6 Å². The van der Waals surface area contributed by atoms with Gasteiger partial charge < -0.3 is 5.73 Å². The highest BCUT2D eigenvalue weighted by Gasteiger charge is 2.09. The van der Waals surface area contributed by atoms with Crippen LogP contribution in [-0.2, 0) is 0 Å². The van der Waals surface area contributed by atoms with Crippen molar-refractivity contribution in [1.82, 2.24) is 0 Å². The van der Waals surface area contributed by atoms with Crippen molar-refractivity contribution in [3.63, 3.8) is 0 Å². The molecule has 0 saturated carbocycles. The molecule has 0 aliphatic carbocycles. The molecule has 2 heteroatoms. The van der Waals surface area contributed by atoms with Crippen LogP contribution in [0.5, 0.6) is 0 Å². The summed E-state index contributed by atoms with van der Waals surface area (Å²) in [6.07, 6.45) is 7.08. The average molecular weight is 196 g/mol. The highest BCUT2D eigenvalue weighted by Crippen LogP contribution is 2.21. The lowest BCUT2D eigenvalue weighted by Gasteiger charge is -2.17. The van der Waals surface area contributed by atoms with E-state index in [0.717, 1.165) is 23.8 Å². The van der Waals surface area contributed by atoms with E-state index in [1.807, 2.05) is 6.21 Å². The number of nitrogens with two attached hydrogens (primary N) is 1. The summed E-state index contributed by atoms with van der Waals surface area (Å²) in [5.74, 6) is 1.50. The van der Waals surface area contributed by atoms with Crippen molar-refractivity contribution in [1.29, 1.82) is 0 Å². The zero-order valence-electron chi connectivity index (χ0n) is 9.96. The Morgan fingerprint density at radius 2 is 2.07 bits per heavy atom. The molecule has 0 radical (unpaired) electrons. The lowest BCUT2D eigenvalue weighted by atomic mass is 9.89. The molecule has 0 rings (SSSR count). The second-order valence-corrected chi connectivity index (χ2v) is 4.24. The van der Waals surface area contributed by atoms with E-state index in [0.29, 0.717) is 0 Å². The van der Waals surface area contributed by atoms with Crippen molar-refractivity contribution < 1.29 is 0 Å². The van der Waals surface area contributed by atoms with Crippen LogP contribution in [0.25, 0.3) is 0 Å². The highest BCUT2D eigenvalue weighted by molar-refractivity contribution is 5.78. The molecule has 0 heterocycles. The van der Waals surface area contributed by atoms with E-state index in [1.165, 1.54) is 12.8 Å². The zero-order chi connectivity index (χ0) is 11.0. The first-order chi connectivity index (χ1) is 6.63. The number of nitrogens with zero attached hydrogens (tertiary/aromatic N) is 1. The molecule has 1 atom stereocenters. The van der Waals surface area contributed by atoms with Crippen molar-refractivity contribution in [2.75, 3.05) is 7.05 Å². The topological polar surface area (TPSA) is 38.4 Å². The van der Waals surface area contributed by atoms with Gasteiger partial charge in [0.2, 0.25) is 0 Å². The first-order valence-electron chi connectivity index (χ1n) is 5.46. The summed E-state index contributed by atoms with van der Waals surface area (Å²) in [4.78, 5) is 4.00. The standard InChI is InChI=1S/C12H24N2/c1-5-11(6-10(2)3)7-12(8-13)9-14-4/h8-11H,5-7,13H2,1-4H3/b12-8-,14-9?. The average Bonchev–Trinajstić information content (AvgIpc) is 2.15. The Kier molecular flexibility index (Phi) is 7.17. The molecule has 2 nitrogen and oxygen atoms in total. The molecule has 0 aliphatic heterocycles. The van der Waals surface area contributed by atoms with Crippen molar-refractivity contribution >= 4 is 6.21 Å². The molecule has 0 aromatic carbocycles. The molecule has 1 unspecified atom stereocenters. The summed E-state index contributed by atoms with van der Waals surface area (Å²) >= 11 is 0. The monoisotopic (exact) mass is 196 g/mol. The third kappa shape index (κ3) is 5.79. The van der Waals surface area contributed by atoms with E-state index in [-0.39, 0.29) is 0 Å². The van der Waals surface area contributed by atoms with E-state index < -0.39 is 0 Å². The van der Waals surface area contributed by atoms with Crippen molar-refractivity contribution in [3.05, 3.63) is 11.8 Å². The molecule has 0 spiro atoms. The molecule has 0 aromatic rings. The van der Waals surface area contributed by atoms with Gasteiger partial charge in [0.25, 0.3) is 0 Å². The smallest absolute Gasteiger partial charge is 0.0277 e. The summed E-state index contributed by atoms with van der Waals surface area (Å²) in [6, 6.07) is 0. The van der Waals surface area contributed by atoms with Gasteiger partial charge in [-0.2, -0.15) is 0 Å². The maximum atomic E-state index is 5.54. The van der Waals surface area contributed by atoms with Gasteiger partial charge in [0, 0.05) is 13.3 Å². The Hall–Kier alpha value is -0.790. The van der Waals surface area contributed by atoms with Crippen LogP contribution in [0.4, 0.5) is 0 Å². The fraction of sp³-hybridized carbons (Fsp3) is 0.750. The van der Waals surface area contributed by atoms with Crippen LogP contribution in [0, 0.1) is 11.8 Å². The van der Waals surface area contributed by atoms with Gasteiger partial charge in [-0.05, 0) is 36.5 Å². The summed E-state index contributed by atoms with van der Waals surface area (Å²) in [6.45, 7) is 6.77. The fourth-order valence-electron chi connectivity index (χ4n) is 1.72. The minimum Gasteiger partial charge on any atom is -0.404 e. The largest absolute Gasteiger partial charge is 0.404 e. The predicted octanol–water partition coefficient (Wildman–Crippen LogP) is 2.99. The normalized spacial score (nSPS) is 15.4. The molecule has 0 aliphatic rings. The van der Waals surface area contributed by atoms with Crippen LogP contribution in [0.3, 0.4) is 0 Å². The second-order valence-electron chi connectivity index (χ2n) is 4.24. The molecular weight excluding hydrogens is 172 g/mol. The number of allylic oxidation sites excluding steroid dienone is 1. The highest BCUT2D eigenvalue weighted by atomic mass is 14.6. The molecule has 0 saturated heterocycles. The number of aliphatic imine (C=N–C) groups is 1. The minimum absolute atomic E-state index is 0.739. The van der Waals surface area contributed by atoms with Crippen LogP contribution in [0.15, 0.2) is 16.8 Å². The molecule has 2 N–H and O–H groups in total. The summed E-state index contributed by atoms with van der Waals surface area (Å²) in [5.41, 5.74) is 6.69. The molecule has 0 aromatic heterocycles. The van der Waals surface area contributed by atoms with Gasteiger partial charge in [-0.25, -0.2) is 0 Å². The van der Waals surface area contributed by atoms with Gasteiger partial charge >= 0.3 is 0 Å². The second kappa shape index (κ2) is 7.60. The summed E-state index contributed by atoms with van der Waals surface area (Å²) in [5, 5.41) is 0. The van der Waals surface area contributed by atoms with E-state index in [2.05, 4.69) is 25.8 Å². The molecule has 82 valence electrons. The molecule has 0 bridgehead atoms. The lowest BCUT2D eigenvalue weighted by Crippen LogP contribution is -2.06. The van der Waals surface area contributed by atoms with Crippen LogP contribution in [0.1, 0.15) is 40.0 Å². The van der Waals surface area contributed by atoms with Gasteiger partial charge in [0.15, 0.2) is 0 Å². The minimum atomic E-state index is 0.739. The van der Waals surface area contributed by atoms with Crippen LogP contribution in [0.2, 0.25) is 0 Å². The Balaban J connectivity index is 4.15. The number of rotatable bonds is 6. The maximum Gasteiger partial charge on any atom is 0.0277 e. The van der Waals surface area contributed by atoms with E-state index in [4.69, 9.17) is 5.73 Å². The van der Waals surface area contributed by atoms with Crippen LogP contribution in [-0.4, -0.2) is 13.3 Å². The van der Waals surface area contributed by atoms with Gasteiger partial charge in [-0.3, -0.25) is 4.99 Å². The van der Waals surface area contributed by atoms with Gasteiger partial charge in [-0.1, -0.05) is 27.2 Å². The first-order valence-corrected chi connectivity index (χ1v) is 5.46. The summed E-state index contributed by atoms with van der Waals surface area (Å²) < 4.78 is 0. The lowest BCUT2D eigenvalue weighted by molar-refractivity contribution is 0.399. The van der Waals surface area contributed by atoms with E-state index in [9.17, 15) is 0 Å². The zero-order valence-corrected chi connectivity index (χ0v) is 9.96. The predicted molar refractivity (Wildman–Crippen MR) is 64.5 cm³/mol. The molecule has 14 heavy (non-hydrogen) atoms. The molecular formula is C12H24N2. The van der Waals surface area contributed by atoms with Crippen LogP contribution < -0.4 is 5.73 Å². The van der Waals surface area contributed by atoms with E-state index >= 15 is 0 Å². The van der Waals surface area contributed by atoms with Crippen molar-refractivity contribution in [2.45, 2.75) is 40.0 Å². The van der Waals surface area contributed by atoms with Crippen molar-refractivity contribution in [3.8, 4) is 0 Å². The maximum absolute atomic E-state index is 5.54. The number of hydrogen-bond donors (Lipinski definition) is 1.